The van der Waals surface area contributed by atoms with Crippen LogP contribution in [0.4, 0.5) is 10.2 Å². The molecule has 1 atom stereocenters. The molecule has 29 heavy (non-hydrogen) atoms. The molecular formula is C22H22ClFN4O. The number of hydrogen-bond acceptors (Lipinski definition) is 3. The number of halogens is 2. The lowest BCUT2D eigenvalue weighted by molar-refractivity contribution is -0.121. The molecule has 5 nitrogen and oxygen atoms in total. The van der Waals surface area contributed by atoms with Gasteiger partial charge in [0.15, 0.2) is 5.82 Å². The van der Waals surface area contributed by atoms with Crippen LogP contribution in [-0.4, -0.2) is 35.2 Å². The van der Waals surface area contributed by atoms with Gasteiger partial charge in [-0.2, -0.15) is 5.10 Å². The topological polar surface area (TPSA) is 61.0 Å². The van der Waals surface area contributed by atoms with Crippen molar-refractivity contribution in [1.82, 2.24) is 15.5 Å². The minimum atomic E-state index is -0.456. The van der Waals surface area contributed by atoms with Gasteiger partial charge in [0.05, 0.1) is 12.1 Å². The summed E-state index contributed by atoms with van der Waals surface area (Å²) >= 11 is 6.03. The molecule has 0 aliphatic carbocycles. The van der Waals surface area contributed by atoms with Crippen LogP contribution in [0.25, 0.3) is 11.3 Å². The van der Waals surface area contributed by atoms with Crippen molar-refractivity contribution in [3.05, 3.63) is 71.0 Å². The monoisotopic (exact) mass is 412 g/mol. The Morgan fingerprint density at radius 3 is 2.86 bits per heavy atom. The Morgan fingerprint density at radius 2 is 2.07 bits per heavy atom. The van der Waals surface area contributed by atoms with E-state index in [1.54, 1.807) is 6.07 Å². The van der Waals surface area contributed by atoms with Crippen molar-refractivity contribution in [1.29, 1.82) is 0 Å². The standard InChI is InChI=1S/C22H22ClFN4O/c23-18-9-4-10-19(24)17(18)12-22(29)25-16-8-5-11-28(14-16)21-13-20(26-27-21)15-6-2-1-3-7-15/h1-4,6-7,9-10,13,16H,5,8,11-12,14H2,(H,25,29)(H,26,27)/t16-/m1/s1. The first-order chi connectivity index (χ1) is 14.1. The molecule has 1 saturated heterocycles. The molecule has 3 aromatic rings. The number of piperidine rings is 1. The predicted molar refractivity (Wildman–Crippen MR) is 113 cm³/mol. The number of aromatic amines is 1. The average molecular weight is 413 g/mol. The maximum Gasteiger partial charge on any atom is 0.224 e. The van der Waals surface area contributed by atoms with Gasteiger partial charge in [0.25, 0.3) is 0 Å². The molecule has 2 aromatic carbocycles. The molecule has 1 aromatic heterocycles. The lowest BCUT2D eigenvalue weighted by Crippen LogP contribution is -2.48. The van der Waals surface area contributed by atoms with Crippen LogP contribution in [0.2, 0.25) is 5.02 Å². The molecular weight excluding hydrogens is 391 g/mol. The first-order valence-electron chi connectivity index (χ1n) is 9.68. The van der Waals surface area contributed by atoms with Crippen LogP contribution in [0.5, 0.6) is 0 Å². The quantitative estimate of drug-likeness (QED) is 0.660. The summed E-state index contributed by atoms with van der Waals surface area (Å²) in [7, 11) is 0. The summed E-state index contributed by atoms with van der Waals surface area (Å²) < 4.78 is 13.9. The van der Waals surface area contributed by atoms with Gasteiger partial charge in [-0.25, -0.2) is 4.39 Å². The minimum Gasteiger partial charge on any atom is -0.353 e. The van der Waals surface area contributed by atoms with E-state index in [1.165, 1.54) is 12.1 Å². The van der Waals surface area contributed by atoms with E-state index in [1.807, 2.05) is 36.4 Å². The Bertz CT molecular complexity index is 971. The van der Waals surface area contributed by atoms with E-state index in [9.17, 15) is 9.18 Å². The van der Waals surface area contributed by atoms with E-state index >= 15 is 0 Å². The van der Waals surface area contributed by atoms with Gasteiger partial charge >= 0.3 is 0 Å². The molecule has 1 amide bonds. The lowest BCUT2D eigenvalue weighted by Gasteiger charge is -2.33. The van der Waals surface area contributed by atoms with Crippen molar-refractivity contribution in [3.63, 3.8) is 0 Å². The fourth-order valence-corrected chi connectivity index (χ4v) is 3.91. The van der Waals surface area contributed by atoms with Gasteiger partial charge in [-0.3, -0.25) is 9.89 Å². The molecule has 0 unspecified atom stereocenters. The van der Waals surface area contributed by atoms with Gasteiger partial charge in [-0.1, -0.05) is 48.0 Å². The Hall–Kier alpha value is -2.86. The third kappa shape index (κ3) is 4.59. The summed E-state index contributed by atoms with van der Waals surface area (Å²) in [5.41, 5.74) is 2.27. The second-order valence-electron chi connectivity index (χ2n) is 7.24. The van der Waals surface area contributed by atoms with Crippen molar-refractivity contribution >= 4 is 23.3 Å². The van der Waals surface area contributed by atoms with E-state index in [-0.39, 0.29) is 29.0 Å². The Balaban J connectivity index is 1.39. The number of benzene rings is 2. The van der Waals surface area contributed by atoms with Crippen molar-refractivity contribution in [2.45, 2.75) is 25.3 Å². The number of anilines is 1. The highest BCUT2D eigenvalue weighted by atomic mass is 35.5. The zero-order chi connectivity index (χ0) is 20.2. The summed E-state index contributed by atoms with van der Waals surface area (Å²) in [4.78, 5) is 14.6. The van der Waals surface area contributed by atoms with Gasteiger partial charge in [0.2, 0.25) is 5.91 Å². The molecule has 0 spiro atoms. The third-order valence-corrected chi connectivity index (χ3v) is 5.51. The number of rotatable bonds is 5. The molecule has 150 valence electrons. The highest BCUT2D eigenvalue weighted by Gasteiger charge is 2.24. The molecule has 2 N–H and O–H groups in total. The van der Waals surface area contributed by atoms with Crippen molar-refractivity contribution in [2.75, 3.05) is 18.0 Å². The van der Waals surface area contributed by atoms with Crippen LogP contribution >= 0.6 is 11.6 Å². The van der Waals surface area contributed by atoms with E-state index in [0.29, 0.717) is 6.54 Å². The Morgan fingerprint density at radius 1 is 1.24 bits per heavy atom. The molecule has 0 saturated carbocycles. The second-order valence-corrected chi connectivity index (χ2v) is 7.64. The van der Waals surface area contributed by atoms with E-state index in [4.69, 9.17) is 11.6 Å². The summed E-state index contributed by atoms with van der Waals surface area (Å²) in [6, 6.07) is 16.5. The number of nitrogens with zero attached hydrogens (tertiary/aromatic N) is 2. The molecule has 1 aliphatic rings. The van der Waals surface area contributed by atoms with Crippen LogP contribution in [0, 0.1) is 5.82 Å². The van der Waals surface area contributed by atoms with Gasteiger partial charge < -0.3 is 10.2 Å². The van der Waals surface area contributed by atoms with Crippen LogP contribution in [-0.2, 0) is 11.2 Å². The molecule has 1 aliphatic heterocycles. The van der Waals surface area contributed by atoms with E-state index < -0.39 is 5.82 Å². The van der Waals surface area contributed by atoms with Crippen molar-refractivity contribution < 1.29 is 9.18 Å². The minimum absolute atomic E-state index is 0.0151. The Kier molecular flexibility index (Phi) is 5.81. The van der Waals surface area contributed by atoms with Crippen LogP contribution in [0.15, 0.2) is 54.6 Å². The first-order valence-corrected chi connectivity index (χ1v) is 10.1. The highest BCUT2D eigenvalue weighted by Crippen LogP contribution is 2.24. The molecule has 7 heteroatoms. The number of H-pyrrole nitrogens is 1. The van der Waals surface area contributed by atoms with Crippen LogP contribution in [0.1, 0.15) is 18.4 Å². The number of aromatic nitrogens is 2. The van der Waals surface area contributed by atoms with Crippen LogP contribution in [0.3, 0.4) is 0 Å². The number of carbonyl (C=O) groups is 1. The van der Waals surface area contributed by atoms with Gasteiger partial charge in [-0.15, -0.1) is 0 Å². The Labute approximate surface area is 173 Å². The maximum absolute atomic E-state index is 13.9. The second kappa shape index (κ2) is 8.66. The average Bonchev–Trinajstić information content (AvgIpc) is 3.22. The number of carbonyl (C=O) groups excluding carboxylic acids is 1. The normalized spacial score (nSPS) is 16.6. The zero-order valence-corrected chi connectivity index (χ0v) is 16.6. The van der Waals surface area contributed by atoms with Gasteiger partial charge in [0, 0.05) is 35.8 Å². The highest BCUT2D eigenvalue weighted by molar-refractivity contribution is 6.31. The summed E-state index contributed by atoms with van der Waals surface area (Å²) in [6.45, 7) is 1.54. The van der Waals surface area contributed by atoms with Gasteiger partial charge in [-0.05, 0) is 30.5 Å². The van der Waals surface area contributed by atoms with E-state index in [2.05, 4.69) is 20.4 Å². The molecule has 4 rings (SSSR count). The van der Waals surface area contributed by atoms with Crippen molar-refractivity contribution in [3.8, 4) is 11.3 Å². The van der Waals surface area contributed by atoms with Crippen LogP contribution < -0.4 is 10.2 Å². The first kappa shape index (κ1) is 19.5. The molecule has 1 fully saturated rings. The maximum atomic E-state index is 13.9. The van der Waals surface area contributed by atoms with Crippen molar-refractivity contribution in [2.24, 2.45) is 0 Å². The predicted octanol–water partition coefficient (Wildman–Crippen LogP) is 4.20. The SMILES string of the molecule is O=C(Cc1c(F)cccc1Cl)N[C@@H]1CCCN(c2cc(-c3ccccc3)[nH]n2)C1. The lowest BCUT2D eigenvalue weighted by atomic mass is 10.0. The zero-order valence-electron chi connectivity index (χ0n) is 15.9. The summed E-state index contributed by atoms with van der Waals surface area (Å²) in [6.07, 6.45) is 1.75. The third-order valence-electron chi connectivity index (χ3n) is 5.16. The van der Waals surface area contributed by atoms with E-state index in [0.717, 1.165) is 36.5 Å². The fourth-order valence-electron chi connectivity index (χ4n) is 3.68. The summed E-state index contributed by atoms with van der Waals surface area (Å²) in [5, 5.41) is 10.8. The largest absolute Gasteiger partial charge is 0.353 e. The number of hydrogen-bond donors (Lipinski definition) is 2. The number of nitrogens with one attached hydrogen (secondary N) is 2. The van der Waals surface area contributed by atoms with Gasteiger partial charge in [0.1, 0.15) is 5.82 Å². The molecule has 2 heterocycles. The fraction of sp³-hybridized carbons (Fsp3) is 0.273. The molecule has 0 radical (unpaired) electrons. The smallest absolute Gasteiger partial charge is 0.224 e. The molecule has 0 bridgehead atoms. The summed E-state index contributed by atoms with van der Waals surface area (Å²) in [5.74, 6) is 0.179. The number of amides is 1.